The predicted molar refractivity (Wildman–Crippen MR) is 112 cm³/mol. The molecule has 24 heavy (non-hydrogen) atoms. The Morgan fingerprint density at radius 2 is 2.00 bits per heavy atom. The van der Waals surface area contributed by atoms with Crippen LogP contribution in [0.2, 0.25) is 0 Å². The van der Waals surface area contributed by atoms with E-state index < -0.39 is 0 Å². The van der Waals surface area contributed by atoms with Gasteiger partial charge in [-0.15, -0.1) is 0 Å². The summed E-state index contributed by atoms with van der Waals surface area (Å²) in [5.41, 5.74) is 4.89. The minimum atomic E-state index is 0.263. The first-order valence-corrected chi connectivity index (χ1v) is 9.26. The van der Waals surface area contributed by atoms with Gasteiger partial charge in [0.15, 0.2) is 0 Å². The zero-order valence-corrected chi connectivity index (χ0v) is 16.4. The van der Waals surface area contributed by atoms with Crippen LogP contribution in [0.3, 0.4) is 0 Å². The Bertz CT molecular complexity index is 743. The first-order chi connectivity index (χ1) is 11.6. The number of ether oxygens (including phenoxy) is 1. The van der Waals surface area contributed by atoms with E-state index in [4.69, 9.17) is 4.74 Å². The van der Waals surface area contributed by atoms with Gasteiger partial charge in [-0.3, -0.25) is 0 Å². The fourth-order valence-electron chi connectivity index (χ4n) is 2.48. The number of benzene rings is 2. The topological polar surface area (TPSA) is 9.23 Å². The minimum Gasteiger partial charge on any atom is -0.489 e. The molecule has 1 unspecified atom stereocenters. The Kier molecular flexibility index (Phi) is 7.32. The van der Waals surface area contributed by atoms with E-state index in [1.165, 1.54) is 22.3 Å². The van der Waals surface area contributed by atoms with E-state index in [1.807, 2.05) is 25.1 Å². The fourth-order valence-corrected chi connectivity index (χ4v) is 3.28. The molecule has 0 aliphatic rings. The third-order valence-electron chi connectivity index (χ3n) is 3.60. The molecule has 0 saturated heterocycles. The Labute approximate surface area is 158 Å². The molecular weight excluding hydrogens is 407 g/mol. The molecular formula is C22H23IO. The number of aryl methyl sites for hydroxylation is 1. The summed E-state index contributed by atoms with van der Waals surface area (Å²) >= 11 is 2.45. The third kappa shape index (κ3) is 5.38. The average Bonchev–Trinajstić information content (AvgIpc) is 2.59. The van der Waals surface area contributed by atoms with Crippen molar-refractivity contribution in [1.82, 2.24) is 0 Å². The van der Waals surface area contributed by atoms with E-state index >= 15 is 0 Å². The van der Waals surface area contributed by atoms with Gasteiger partial charge in [-0.25, -0.2) is 0 Å². The van der Waals surface area contributed by atoms with E-state index in [9.17, 15) is 0 Å². The number of hydrogen-bond donors (Lipinski definition) is 0. The van der Waals surface area contributed by atoms with Crippen molar-refractivity contribution in [3.05, 3.63) is 102 Å². The number of alkyl halides is 1. The Morgan fingerprint density at radius 1 is 1.21 bits per heavy atom. The SMILES string of the molecule is C=C/C=C(\C=C/C)C(I)c1cccc(OCc2cccc(C)c2)c1. The van der Waals surface area contributed by atoms with Crippen molar-refractivity contribution in [2.75, 3.05) is 0 Å². The van der Waals surface area contributed by atoms with E-state index in [0.717, 1.165) is 5.75 Å². The first kappa shape index (κ1) is 18.5. The molecule has 0 saturated carbocycles. The second-order valence-electron chi connectivity index (χ2n) is 5.62. The summed E-state index contributed by atoms with van der Waals surface area (Å²) in [6.45, 7) is 8.52. The molecule has 2 heteroatoms. The van der Waals surface area contributed by atoms with Crippen LogP contribution in [0.1, 0.15) is 27.5 Å². The standard InChI is InChI=1S/C22H23IO/c1-4-8-19(9-5-2)22(23)20-12-7-13-21(15-20)24-16-18-11-6-10-17(3)14-18/h4-15,22H,1,16H2,2-3H3/b9-5-,19-8+. The maximum atomic E-state index is 5.98. The highest BCUT2D eigenvalue weighted by Crippen LogP contribution is 2.34. The van der Waals surface area contributed by atoms with Gasteiger partial charge in [0.25, 0.3) is 0 Å². The molecule has 0 bridgehead atoms. The van der Waals surface area contributed by atoms with Gasteiger partial charge in [0.2, 0.25) is 0 Å². The lowest BCUT2D eigenvalue weighted by Gasteiger charge is -2.14. The summed E-state index contributed by atoms with van der Waals surface area (Å²) in [5.74, 6) is 0.897. The highest BCUT2D eigenvalue weighted by Gasteiger charge is 2.11. The van der Waals surface area contributed by atoms with Crippen molar-refractivity contribution >= 4 is 22.6 Å². The fraction of sp³-hybridized carbons (Fsp3) is 0.182. The van der Waals surface area contributed by atoms with Gasteiger partial charge in [-0.2, -0.15) is 0 Å². The van der Waals surface area contributed by atoms with Crippen LogP contribution >= 0.6 is 22.6 Å². The van der Waals surface area contributed by atoms with Crippen LogP contribution in [0.15, 0.2) is 85.0 Å². The van der Waals surface area contributed by atoms with E-state index in [1.54, 1.807) is 0 Å². The predicted octanol–water partition coefficient (Wildman–Crippen LogP) is 6.74. The summed E-state index contributed by atoms with van der Waals surface area (Å²) in [6, 6.07) is 16.7. The van der Waals surface area contributed by atoms with Crippen molar-refractivity contribution in [1.29, 1.82) is 0 Å². The number of halogens is 1. The van der Waals surface area contributed by atoms with E-state index in [0.29, 0.717) is 6.61 Å². The van der Waals surface area contributed by atoms with Crippen molar-refractivity contribution in [3.63, 3.8) is 0 Å². The van der Waals surface area contributed by atoms with Gasteiger partial charge in [0.05, 0.1) is 3.92 Å². The minimum absolute atomic E-state index is 0.263. The summed E-state index contributed by atoms with van der Waals surface area (Å²) in [5, 5.41) is 0. The molecule has 124 valence electrons. The first-order valence-electron chi connectivity index (χ1n) is 8.01. The van der Waals surface area contributed by atoms with Crippen LogP contribution in [-0.2, 0) is 6.61 Å². The monoisotopic (exact) mass is 430 g/mol. The van der Waals surface area contributed by atoms with Crippen molar-refractivity contribution in [3.8, 4) is 5.75 Å². The second-order valence-corrected chi connectivity index (χ2v) is 6.86. The van der Waals surface area contributed by atoms with Crippen LogP contribution < -0.4 is 4.74 Å². The van der Waals surface area contributed by atoms with Gasteiger partial charge in [0.1, 0.15) is 12.4 Å². The normalized spacial score (nSPS) is 13.0. The Morgan fingerprint density at radius 3 is 2.71 bits per heavy atom. The van der Waals surface area contributed by atoms with Crippen LogP contribution in [0.25, 0.3) is 0 Å². The lowest BCUT2D eigenvalue weighted by molar-refractivity contribution is 0.306. The van der Waals surface area contributed by atoms with Gasteiger partial charge >= 0.3 is 0 Å². The van der Waals surface area contributed by atoms with E-state index in [2.05, 4.69) is 90.7 Å². The molecule has 2 aromatic carbocycles. The van der Waals surface area contributed by atoms with Gasteiger partial charge < -0.3 is 4.74 Å². The molecule has 0 amide bonds. The van der Waals surface area contributed by atoms with Crippen LogP contribution in [-0.4, -0.2) is 0 Å². The summed E-state index contributed by atoms with van der Waals surface area (Å²) in [6.07, 6.45) is 8.06. The Hall–Kier alpha value is -1.81. The zero-order chi connectivity index (χ0) is 17.4. The molecule has 0 fully saturated rings. The summed E-state index contributed by atoms with van der Waals surface area (Å²) in [7, 11) is 0. The average molecular weight is 430 g/mol. The number of hydrogen-bond acceptors (Lipinski definition) is 1. The van der Waals surface area contributed by atoms with Crippen molar-refractivity contribution in [2.45, 2.75) is 24.4 Å². The molecule has 2 rings (SSSR count). The van der Waals surface area contributed by atoms with Crippen molar-refractivity contribution in [2.24, 2.45) is 0 Å². The Balaban J connectivity index is 2.13. The van der Waals surface area contributed by atoms with Gasteiger partial charge in [0, 0.05) is 0 Å². The van der Waals surface area contributed by atoms with Crippen LogP contribution in [0, 0.1) is 6.92 Å². The molecule has 0 N–H and O–H groups in total. The summed E-state index contributed by atoms with van der Waals surface area (Å²) < 4.78 is 6.24. The molecule has 0 heterocycles. The van der Waals surface area contributed by atoms with Crippen LogP contribution in [0.5, 0.6) is 5.75 Å². The van der Waals surface area contributed by atoms with E-state index in [-0.39, 0.29) is 3.92 Å². The maximum Gasteiger partial charge on any atom is 0.120 e. The highest BCUT2D eigenvalue weighted by molar-refractivity contribution is 14.1. The van der Waals surface area contributed by atoms with Gasteiger partial charge in [-0.1, -0.05) is 95.4 Å². The second kappa shape index (κ2) is 9.48. The molecule has 2 aromatic rings. The zero-order valence-electron chi connectivity index (χ0n) is 14.2. The lowest BCUT2D eigenvalue weighted by Crippen LogP contribution is -1.98. The molecule has 0 radical (unpaired) electrons. The molecule has 1 atom stereocenters. The summed E-state index contributed by atoms with van der Waals surface area (Å²) in [4.78, 5) is 0. The third-order valence-corrected chi connectivity index (χ3v) is 5.04. The molecule has 0 spiro atoms. The largest absolute Gasteiger partial charge is 0.489 e. The van der Waals surface area contributed by atoms with Crippen LogP contribution in [0.4, 0.5) is 0 Å². The molecule has 0 aliphatic carbocycles. The van der Waals surface area contributed by atoms with Gasteiger partial charge in [-0.05, 0) is 42.7 Å². The smallest absolute Gasteiger partial charge is 0.120 e. The number of rotatable bonds is 7. The lowest BCUT2D eigenvalue weighted by atomic mass is 10.0. The maximum absolute atomic E-state index is 5.98. The highest BCUT2D eigenvalue weighted by atomic mass is 127. The number of allylic oxidation sites excluding steroid dienone is 5. The quantitative estimate of drug-likeness (QED) is 0.269. The van der Waals surface area contributed by atoms with Crippen molar-refractivity contribution < 1.29 is 4.74 Å². The molecule has 0 aliphatic heterocycles. The molecule has 0 aromatic heterocycles. The molecule has 1 nitrogen and oxygen atoms in total.